The quantitative estimate of drug-likeness (QED) is 0.0466. The standard InChI is InChI=1S/C49H62N5O10P/c1-33(2)54(34(3)4)65(62-29-28-52(8)46(56)36-16-22-40(23-17-36)51(6)7)64-48(58)30-44(53-31-35(5)45(55)50-47(53)57)63-43(48)32-61-49(37-14-12-11-13-15-37,38-18-24-41(59-9)25-19-38)39-20-26-42(60-10)27-21-39/h11-27,31,33-34,43-44,58H,28-30,32H2,1-10H3,(H,50,55,57)/t43-,44-,48+,65?/m1/s1. The summed E-state index contributed by atoms with van der Waals surface area (Å²) >= 11 is 0. The van der Waals surface area contributed by atoms with E-state index in [0.717, 1.165) is 22.4 Å². The van der Waals surface area contributed by atoms with Crippen molar-refractivity contribution < 1.29 is 37.9 Å². The molecule has 0 aliphatic carbocycles. The van der Waals surface area contributed by atoms with E-state index >= 15 is 0 Å². The third-order valence-electron chi connectivity index (χ3n) is 11.5. The van der Waals surface area contributed by atoms with Gasteiger partial charge in [-0.25, -0.2) is 9.46 Å². The highest BCUT2D eigenvalue weighted by Crippen LogP contribution is 2.54. The van der Waals surface area contributed by atoms with Crippen LogP contribution in [0.5, 0.6) is 11.5 Å². The molecule has 0 radical (unpaired) electrons. The number of aryl methyl sites for hydroxylation is 1. The maximum absolute atomic E-state index is 13.5. The smallest absolute Gasteiger partial charge is 0.330 e. The molecule has 1 unspecified atom stereocenters. The molecular formula is C49H62N5O10P. The Morgan fingerprint density at radius 1 is 0.862 bits per heavy atom. The summed E-state index contributed by atoms with van der Waals surface area (Å²) in [6.07, 6.45) is -1.14. The molecule has 348 valence electrons. The Bertz CT molecular complexity index is 2390. The largest absolute Gasteiger partial charge is 0.497 e. The van der Waals surface area contributed by atoms with Crippen LogP contribution >= 0.6 is 8.53 Å². The van der Waals surface area contributed by atoms with Crippen LogP contribution in [0.25, 0.3) is 0 Å². The average Bonchev–Trinajstić information content (AvgIpc) is 3.62. The zero-order valence-electron chi connectivity index (χ0n) is 38.9. The number of carbonyl (C=O) groups is 1. The van der Waals surface area contributed by atoms with E-state index < -0.39 is 43.5 Å². The highest BCUT2D eigenvalue weighted by Gasteiger charge is 2.54. The Labute approximate surface area is 382 Å². The van der Waals surface area contributed by atoms with Gasteiger partial charge in [-0.05, 0) is 99.8 Å². The molecule has 1 saturated heterocycles. The Kier molecular flexibility index (Phi) is 16.1. The predicted octanol–water partition coefficient (Wildman–Crippen LogP) is 7.06. The lowest BCUT2D eigenvalue weighted by Crippen LogP contribution is -2.47. The molecule has 0 bridgehead atoms. The molecule has 6 rings (SSSR count). The summed E-state index contributed by atoms with van der Waals surface area (Å²) in [4.78, 5) is 45.3. The molecule has 5 aromatic rings. The van der Waals surface area contributed by atoms with Gasteiger partial charge in [0.25, 0.3) is 20.0 Å². The summed E-state index contributed by atoms with van der Waals surface area (Å²) in [6, 6.07) is 32.0. The van der Waals surface area contributed by atoms with Gasteiger partial charge < -0.3 is 38.4 Å². The van der Waals surface area contributed by atoms with E-state index in [4.69, 9.17) is 28.0 Å². The second-order valence-corrected chi connectivity index (χ2v) is 18.2. The summed E-state index contributed by atoms with van der Waals surface area (Å²) in [5, 5.41) is 13.0. The van der Waals surface area contributed by atoms with E-state index in [9.17, 15) is 19.5 Å². The number of hydrogen-bond donors (Lipinski definition) is 2. The molecule has 1 aliphatic rings. The number of nitrogens with one attached hydrogen (secondary N) is 1. The Morgan fingerprint density at radius 3 is 1.94 bits per heavy atom. The van der Waals surface area contributed by atoms with Crippen molar-refractivity contribution in [3.63, 3.8) is 0 Å². The molecule has 1 aliphatic heterocycles. The van der Waals surface area contributed by atoms with Crippen molar-refractivity contribution in [1.82, 2.24) is 19.1 Å². The Balaban J connectivity index is 1.38. The van der Waals surface area contributed by atoms with Gasteiger partial charge in [0.15, 0.2) is 0 Å². The number of H-pyrrole nitrogens is 1. The van der Waals surface area contributed by atoms with Gasteiger partial charge in [0.2, 0.25) is 5.79 Å². The van der Waals surface area contributed by atoms with Crippen LogP contribution in [-0.4, -0.2) is 109 Å². The van der Waals surface area contributed by atoms with Crippen LogP contribution in [0.4, 0.5) is 5.69 Å². The lowest BCUT2D eigenvalue weighted by Gasteiger charge is -2.41. The normalized spacial score (nSPS) is 18.0. The third-order valence-corrected chi connectivity index (χ3v) is 13.6. The molecule has 0 spiro atoms. The average molecular weight is 912 g/mol. The summed E-state index contributed by atoms with van der Waals surface area (Å²) in [5.41, 5.74) is 1.56. The molecule has 2 N–H and O–H groups in total. The number of aromatic amines is 1. The maximum Gasteiger partial charge on any atom is 0.330 e. The van der Waals surface area contributed by atoms with Gasteiger partial charge in [-0.15, -0.1) is 0 Å². The number of aromatic nitrogens is 2. The number of methoxy groups -OCH3 is 2. The SMILES string of the molecule is COc1ccc(C(OC[C@H]2O[C@@H](n3cc(C)c(=O)[nH]c3=O)C[C@]2(O)OP(OCCN(C)C(=O)c2ccc(N(C)C)cc2)N(C(C)C)C(C)C)(c2ccccc2)c2ccc(OC)cc2)cc1. The molecule has 65 heavy (non-hydrogen) atoms. The second kappa shape index (κ2) is 21.3. The number of anilines is 1. The summed E-state index contributed by atoms with van der Waals surface area (Å²) in [6.45, 7) is 9.66. The van der Waals surface area contributed by atoms with Gasteiger partial charge in [-0.3, -0.25) is 23.7 Å². The Hall–Kier alpha value is -5.38. The molecule has 2 heterocycles. The van der Waals surface area contributed by atoms with Crippen LogP contribution in [0.15, 0.2) is 119 Å². The lowest BCUT2D eigenvalue weighted by molar-refractivity contribution is -0.201. The minimum atomic E-state index is -2.12. The van der Waals surface area contributed by atoms with Crippen LogP contribution in [-0.2, 0) is 24.1 Å². The fourth-order valence-electron chi connectivity index (χ4n) is 7.96. The molecule has 4 aromatic carbocycles. The van der Waals surface area contributed by atoms with Crippen molar-refractivity contribution in [3.05, 3.63) is 158 Å². The van der Waals surface area contributed by atoms with Gasteiger partial charge in [0.05, 0.1) is 33.9 Å². The number of hydrogen-bond acceptors (Lipinski definition) is 12. The van der Waals surface area contributed by atoms with Crippen molar-refractivity contribution in [3.8, 4) is 11.5 Å². The number of ether oxygens (including phenoxy) is 4. The first-order chi connectivity index (χ1) is 31.0. The second-order valence-electron chi connectivity index (χ2n) is 16.8. The summed E-state index contributed by atoms with van der Waals surface area (Å²) in [7, 11) is 6.73. The number of carbonyl (C=O) groups excluding carboxylic acids is 1. The molecule has 16 heteroatoms. The molecule has 1 amide bonds. The number of benzene rings is 4. The first kappa shape index (κ1) is 49.1. The number of nitrogens with zero attached hydrogens (tertiary/aromatic N) is 4. The van der Waals surface area contributed by atoms with E-state index in [0.29, 0.717) is 17.1 Å². The fraction of sp³-hybridized carbons (Fsp3) is 0.408. The van der Waals surface area contributed by atoms with E-state index in [-0.39, 0.29) is 49.7 Å². The highest BCUT2D eigenvalue weighted by atomic mass is 31.2. The van der Waals surface area contributed by atoms with E-state index in [2.05, 4.69) is 4.98 Å². The van der Waals surface area contributed by atoms with E-state index in [1.807, 2.05) is 142 Å². The fourth-order valence-corrected chi connectivity index (χ4v) is 9.69. The van der Waals surface area contributed by atoms with Gasteiger partial charge in [0.1, 0.15) is 29.4 Å². The van der Waals surface area contributed by atoms with Crippen molar-refractivity contribution >= 4 is 20.1 Å². The number of rotatable bonds is 20. The molecule has 4 atom stereocenters. The number of aliphatic hydroxyl groups is 1. The lowest BCUT2D eigenvalue weighted by atomic mass is 9.80. The van der Waals surface area contributed by atoms with Gasteiger partial charge in [-0.2, -0.15) is 0 Å². The number of likely N-dealkylation sites (N-methyl/N-ethyl adjacent to an activating group) is 1. The predicted molar refractivity (Wildman–Crippen MR) is 252 cm³/mol. The van der Waals surface area contributed by atoms with Gasteiger partial charge in [0, 0.05) is 62.8 Å². The van der Waals surface area contributed by atoms with Crippen LogP contribution in [0.1, 0.15) is 73.0 Å². The zero-order chi connectivity index (χ0) is 47.1. The van der Waals surface area contributed by atoms with Gasteiger partial charge in [-0.1, -0.05) is 54.6 Å². The molecule has 15 nitrogen and oxygen atoms in total. The topological polar surface area (TPSA) is 157 Å². The monoisotopic (exact) mass is 911 g/mol. The molecule has 1 fully saturated rings. The van der Waals surface area contributed by atoms with Crippen LogP contribution in [0.3, 0.4) is 0 Å². The van der Waals surface area contributed by atoms with Crippen LogP contribution in [0.2, 0.25) is 0 Å². The van der Waals surface area contributed by atoms with Crippen LogP contribution in [0, 0.1) is 6.92 Å². The Morgan fingerprint density at radius 2 is 1.42 bits per heavy atom. The minimum Gasteiger partial charge on any atom is -0.497 e. The minimum absolute atomic E-state index is 0.0752. The molecule has 0 saturated carbocycles. The van der Waals surface area contributed by atoms with E-state index in [1.165, 1.54) is 10.8 Å². The van der Waals surface area contributed by atoms with Crippen molar-refractivity contribution in [2.24, 2.45) is 0 Å². The first-order valence-corrected chi connectivity index (χ1v) is 22.8. The third kappa shape index (κ3) is 11.0. The van der Waals surface area contributed by atoms with Crippen molar-refractivity contribution in [2.75, 3.05) is 60.0 Å². The van der Waals surface area contributed by atoms with Crippen molar-refractivity contribution in [1.29, 1.82) is 0 Å². The van der Waals surface area contributed by atoms with E-state index in [1.54, 1.807) is 45.2 Å². The van der Waals surface area contributed by atoms with Crippen LogP contribution < -0.4 is 25.6 Å². The van der Waals surface area contributed by atoms with Gasteiger partial charge >= 0.3 is 5.69 Å². The summed E-state index contributed by atoms with van der Waals surface area (Å²) in [5.74, 6) is -0.993. The summed E-state index contributed by atoms with van der Waals surface area (Å²) < 4.78 is 41.6. The number of amides is 1. The maximum atomic E-state index is 13.5. The first-order valence-electron chi connectivity index (χ1n) is 21.6. The highest BCUT2D eigenvalue weighted by molar-refractivity contribution is 7.44. The molecular weight excluding hydrogens is 850 g/mol. The molecule has 1 aromatic heterocycles. The van der Waals surface area contributed by atoms with Crippen molar-refractivity contribution in [2.45, 2.75) is 76.8 Å². The zero-order valence-corrected chi connectivity index (χ0v) is 39.8.